The van der Waals surface area contributed by atoms with Crippen molar-refractivity contribution < 1.29 is 104 Å². The SMILES string of the molecule is CCCC(C)CC(C(=O)O)C(=O)O.[H-].[H-].[K+].[Na+]. The number of hydrogen-bond acceptors (Lipinski definition) is 2. The molecule has 80 valence electrons. The molecule has 0 heterocycles. The summed E-state index contributed by atoms with van der Waals surface area (Å²) in [4.78, 5) is 21.0. The third-order valence-corrected chi connectivity index (χ3v) is 2.02. The van der Waals surface area contributed by atoms with E-state index in [1.807, 2.05) is 13.8 Å². The van der Waals surface area contributed by atoms with Crippen molar-refractivity contribution >= 4 is 11.9 Å². The first-order chi connectivity index (χ1) is 5.99. The zero-order valence-corrected chi connectivity index (χ0v) is 15.1. The first-order valence-corrected chi connectivity index (χ1v) is 4.44. The van der Waals surface area contributed by atoms with Crippen LogP contribution < -0.4 is 80.9 Å². The van der Waals surface area contributed by atoms with Crippen LogP contribution in [0.25, 0.3) is 0 Å². The molecule has 0 saturated heterocycles. The van der Waals surface area contributed by atoms with Crippen molar-refractivity contribution in [2.45, 2.75) is 33.1 Å². The molecule has 6 heteroatoms. The normalized spacial score (nSPS) is 11.1. The average molecular weight is 252 g/mol. The molecular weight excluding hydrogens is 234 g/mol. The number of hydrogen-bond donors (Lipinski definition) is 2. The Hall–Kier alpha value is 1.58. The van der Waals surface area contributed by atoms with E-state index in [1.165, 1.54) is 0 Å². The number of carboxylic acid groups (broad SMARTS) is 2. The van der Waals surface area contributed by atoms with Gasteiger partial charge in [0.05, 0.1) is 0 Å². The summed E-state index contributed by atoms with van der Waals surface area (Å²) in [6, 6.07) is 0. The van der Waals surface area contributed by atoms with E-state index in [9.17, 15) is 9.59 Å². The fourth-order valence-corrected chi connectivity index (χ4v) is 1.32. The van der Waals surface area contributed by atoms with E-state index >= 15 is 0 Å². The zero-order chi connectivity index (χ0) is 10.4. The molecule has 4 nitrogen and oxygen atoms in total. The van der Waals surface area contributed by atoms with Gasteiger partial charge in [-0.25, -0.2) is 0 Å². The van der Waals surface area contributed by atoms with E-state index in [0.29, 0.717) is 0 Å². The molecule has 0 rings (SSSR count). The fourth-order valence-electron chi connectivity index (χ4n) is 1.32. The van der Waals surface area contributed by atoms with Crippen LogP contribution in [-0.4, -0.2) is 22.2 Å². The Morgan fingerprint density at radius 3 is 1.93 bits per heavy atom. The number of aliphatic carboxylic acids is 2. The molecule has 0 saturated carbocycles. The van der Waals surface area contributed by atoms with E-state index in [2.05, 4.69) is 0 Å². The van der Waals surface area contributed by atoms with Gasteiger partial charge in [-0.1, -0.05) is 26.7 Å². The van der Waals surface area contributed by atoms with E-state index in [4.69, 9.17) is 10.2 Å². The monoisotopic (exact) mass is 252 g/mol. The molecule has 0 fully saturated rings. The average Bonchev–Trinajstić information content (AvgIpc) is 1.99. The summed E-state index contributed by atoms with van der Waals surface area (Å²) in [5.41, 5.74) is 0. The van der Waals surface area contributed by atoms with Crippen LogP contribution >= 0.6 is 0 Å². The summed E-state index contributed by atoms with van der Waals surface area (Å²) in [5.74, 6) is -3.57. The molecule has 0 aliphatic carbocycles. The van der Waals surface area contributed by atoms with E-state index < -0.39 is 17.9 Å². The molecule has 0 amide bonds. The summed E-state index contributed by atoms with van der Waals surface area (Å²) < 4.78 is 0. The standard InChI is InChI=1S/C9H16O4.K.Na.2H/c1-3-4-6(2)5-7(8(10)11)9(12)13;;;;/h6-7H,3-5H2,1-2H3,(H,10,11)(H,12,13);;;;/q;2*+1;2*-1. The minimum atomic E-state index is -1.25. The van der Waals surface area contributed by atoms with Crippen molar-refractivity contribution in [1.29, 1.82) is 0 Å². The molecule has 0 bridgehead atoms. The third kappa shape index (κ3) is 10.4. The first-order valence-electron chi connectivity index (χ1n) is 4.44. The minimum Gasteiger partial charge on any atom is -1.00 e. The van der Waals surface area contributed by atoms with E-state index in [-0.39, 0.29) is 96.1 Å². The topological polar surface area (TPSA) is 74.6 Å². The van der Waals surface area contributed by atoms with Gasteiger partial charge in [-0.2, -0.15) is 0 Å². The predicted molar refractivity (Wildman–Crippen MR) is 49.7 cm³/mol. The van der Waals surface area contributed by atoms with Crippen LogP contribution in [0.1, 0.15) is 36.0 Å². The van der Waals surface area contributed by atoms with Gasteiger partial charge in [-0.15, -0.1) is 0 Å². The molecule has 0 aliphatic rings. The molecule has 0 aliphatic heterocycles. The number of rotatable bonds is 6. The van der Waals surface area contributed by atoms with Gasteiger partial charge < -0.3 is 13.1 Å². The molecule has 2 N–H and O–H groups in total. The summed E-state index contributed by atoms with van der Waals surface area (Å²) in [6.45, 7) is 3.87. The Morgan fingerprint density at radius 2 is 1.67 bits per heavy atom. The molecule has 15 heavy (non-hydrogen) atoms. The van der Waals surface area contributed by atoms with E-state index in [0.717, 1.165) is 12.8 Å². The summed E-state index contributed by atoms with van der Waals surface area (Å²) in [6.07, 6.45) is 2.04. The van der Waals surface area contributed by atoms with Gasteiger partial charge in [0.2, 0.25) is 0 Å². The summed E-state index contributed by atoms with van der Waals surface area (Å²) in [5, 5.41) is 17.2. The molecule has 1 atom stereocenters. The quantitative estimate of drug-likeness (QED) is 0.372. The fraction of sp³-hybridized carbons (Fsp3) is 0.778. The van der Waals surface area contributed by atoms with Gasteiger partial charge >= 0.3 is 92.9 Å². The molecule has 1 unspecified atom stereocenters. The Labute approximate surface area is 158 Å². The van der Waals surface area contributed by atoms with Crippen molar-refractivity contribution in [1.82, 2.24) is 0 Å². The van der Waals surface area contributed by atoms with Crippen molar-refractivity contribution in [3.8, 4) is 0 Å². The molecule has 0 aromatic heterocycles. The van der Waals surface area contributed by atoms with Gasteiger partial charge in [-0.3, -0.25) is 9.59 Å². The van der Waals surface area contributed by atoms with Crippen molar-refractivity contribution in [2.75, 3.05) is 0 Å². The van der Waals surface area contributed by atoms with Crippen LogP contribution in [0.5, 0.6) is 0 Å². The van der Waals surface area contributed by atoms with Gasteiger partial charge in [0, 0.05) is 0 Å². The molecule has 0 spiro atoms. The maximum absolute atomic E-state index is 10.5. The maximum Gasteiger partial charge on any atom is 1.00 e. The number of carboxylic acids is 2. The van der Waals surface area contributed by atoms with Crippen molar-refractivity contribution in [3.05, 3.63) is 0 Å². The first kappa shape index (κ1) is 21.8. The van der Waals surface area contributed by atoms with Crippen LogP contribution in [-0.2, 0) is 9.59 Å². The minimum absolute atomic E-state index is 0. The largest absolute Gasteiger partial charge is 1.00 e. The zero-order valence-electron chi connectivity index (χ0n) is 12.0. The van der Waals surface area contributed by atoms with Gasteiger partial charge in [-0.05, 0) is 12.3 Å². The second-order valence-corrected chi connectivity index (χ2v) is 3.36. The van der Waals surface area contributed by atoms with Crippen molar-refractivity contribution in [3.63, 3.8) is 0 Å². The van der Waals surface area contributed by atoms with Gasteiger partial charge in [0.25, 0.3) is 0 Å². The molecular formula is C9H18KNaO4. The second-order valence-electron chi connectivity index (χ2n) is 3.36. The maximum atomic E-state index is 10.5. The van der Waals surface area contributed by atoms with Crippen LogP contribution in [0.2, 0.25) is 0 Å². The Bertz CT molecular complexity index is 193. The summed E-state index contributed by atoms with van der Waals surface area (Å²) >= 11 is 0. The van der Waals surface area contributed by atoms with Crippen LogP contribution in [0, 0.1) is 11.8 Å². The molecule has 0 radical (unpaired) electrons. The Morgan fingerprint density at radius 1 is 1.27 bits per heavy atom. The third-order valence-electron chi connectivity index (χ3n) is 2.02. The number of carbonyl (C=O) groups is 2. The van der Waals surface area contributed by atoms with E-state index in [1.54, 1.807) is 0 Å². The van der Waals surface area contributed by atoms with Crippen molar-refractivity contribution in [2.24, 2.45) is 11.8 Å². The smallest absolute Gasteiger partial charge is 1.00 e. The van der Waals surface area contributed by atoms with Crippen LogP contribution in [0.4, 0.5) is 0 Å². The molecule has 0 aromatic carbocycles. The second kappa shape index (κ2) is 12.0. The Kier molecular flexibility index (Phi) is 17.5. The van der Waals surface area contributed by atoms with Gasteiger partial charge in [0.1, 0.15) is 0 Å². The Balaban J connectivity index is -0.000000120. The molecule has 0 aromatic rings. The van der Waals surface area contributed by atoms with Crippen LogP contribution in [0.15, 0.2) is 0 Å². The summed E-state index contributed by atoms with van der Waals surface area (Å²) in [7, 11) is 0. The predicted octanol–water partition coefficient (Wildman–Crippen LogP) is -4.17. The van der Waals surface area contributed by atoms with Gasteiger partial charge in [0.15, 0.2) is 5.92 Å². The van der Waals surface area contributed by atoms with Crippen LogP contribution in [0.3, 0.4) is 0 Å².